The normalized spacial score (nSPS) is 10.9. The molecule has 5 nitrogen and oxygen atoms in total. The lowest BCUT2D eigenvalue weighted by Gasteiger charge is -2.08. The lowest BCUT2D eigenvalue weighted by atomic mass is 10.1. The number of fused-ring (bicyclic) bond motifs is 1. The maximum absolute atomic E-state index is 13.3. The maximum atomic E-state index is 13.3. The van der Waals surface area contributed by atoms with Gasteiger partial charge in [0.15, 0.2) is 5.82 Å². The second kappa shape index (κ2) is 8.32. The molecule has 0 aliphatic rings. The topological polar surface area (TPSA) is 67.0 Å². The van der Waals surface area contributed by atoms with E-state index in [0.29, 0.717) is 28.1 Å². The summed E-state index contributed by atoms with van der Waals surface area (Å²) in [6.07, 6.45) is 0.836. The molecule has 4 aromatic rings. The van der Waals surface area contributed by atoms with Crippen molar-refractivity contribution >= 4 is 22.6 Å². The van der Waals surface area contributed by atoms with Gasteiger partial charge >= 0.3 is 0 Å². The second-order valence-corrected chi connectivity index (χ2v) is 6.85. The van der Waals surface area contributed by atoms with E-state index in [9.17, 15) is 13.6 Å². The molecule has 0 spiro atoms. The Morgan fingerprint density at radius 1 is 1.03 bits per heavy atom. The minimum Gasteiger partial charge on any atom is -0.489 e. The molecule has 0 bridgehead atoms. The van der Waals surface area contributed by atoms with Gasteiger partial charge in [-0.15, -0.1) is 0 Å². The van der Waals surface area contributed by atoms with Crippen LogP contribution in [0.15, 0.2) is 60.7 Å². The molecule has 152 valence electrons. The van der Waals surface area contributed by atoms with E-state index in [1.54, 1.807) is 24.3 Å². The number of hydrogen-bond donors (Lipinski definition) is 2. The molecule has 3 aromatic carbocycles. The molecule has 0 radical (unpaired) electrons. The highest BCUT2D eigenvalue weighted by Crippen LogP contribution is 2.26. The molecule has 7 heteroatoms. The minimum atomic E-state index is -0.656. The summed E-state index contributed by atoms with van der Waals surface area (Å²) in [4.78, 5) is 12.6. The molecule has 0 aliphatic heterocycles. The molecule has 0 unspecified atom stereocenters. The van der Waals surface area contributed by atoms with E-state index in [1.807, 2.05) is 25.1 Å². The van der Waals surface area contributed by atoms with E-state index in [2.05, 4.69) is 15.5 Å². The Morgan fingerprint density at radius 2 is 1.83 bits per heavy atom. The van der Waals surface area contributed by atoms with Gasteiger partial charge in [-0.3, -0.25) is 9.89 Å². The van der Waals surface area contributed by atoms with Gasteiger partial charge < -0.3 is 10.1 Å². The first-order chi connectivity index (χ1) is 14.5. The molecule has 4 rings (SSSR count). The van der Waals surface area contributed by atoms with Crippen LogP contribution in [0.25, 0.3) is 10.9 Å². The summed E-state index contributed by atoms with van der Waals surface area (Å²) in [5, 5.41) is 10.5. The van der Waals surface area contributed by atoms with Crippen molar-refractivity contribution in [3.63, 3.8) is 0 Å². The van der Waals surface area contributed by atoms with E-state index in [0.717, 1.165) is 23.6 Å². The van der Waals surface area contributed by atoms with Crippen LogP contribution in [0.3, 0.4) is 0 Å². The monoisotopic (exact) mass is 407 g/mol. The van der Waals surface area contributed by atoms with Gasteiger partial charge in [-0.25, -0.2) is 8.78 Å². The predicted molar refractivity (Wildman–Crippen MR) is 111 cm³/mol. The highest BCUT2D eigenvalue weighted by Gasteiger charge is 2.13. The van der Waals surface area contributed by atoms with Crippen LogP contribution in [-0.2, 0) is 13.0 Å². The molecule has 0 atom stereocenters. The van der Waals surface area contributed by atoms with Crippen molar-refractivity contribution in [3.8, 4) is 5.75 Å². The number of aromatic amines is 1. The molecule has 0 fully saturated rings. The number of H-pyrrole nitrogens is 1. The lowest BCUT2D eigenvalue weighted by Crippen LogP contribution is -2.12. The van der Waals surface area contributed by atoms with Crippen LogP contribution in [-0.4, -0.2) is 16.1 Å². The Morgan fingerprint density at radius 3 is 2.60 bits per heavy atom. The number of carbonyl (C=O) groups is 1. The molecule has 1 aromatic heterocycles. The number of nitrogens with zero attached hydrogens (tertiary/aromatic N) is 1. The highest BCUT2D eigenvalue weighted by molar-refractivity contribution is 6.08. The molecular formula is C23H19F2N3O2. The molecule has 2 N–H and O–H groups in total. The summed E-state index contributed by atoms with van der Waals surface area (Å²) < 4.78 is 32.3. The van der Waals surface area contributed by atoms with Gasteiger partial charge in [0.25, 0.3) is 5.91 Å². The summed E-state index contributed by atoms with van der Waals surface area (Å²) in [6.45, 7) is 2.03. The summed E-state index contributed by atoms with van der Waals surface area (Å²) in [7, 11) is 0. The van der Waals surface area contributed by atoms with E-state index in [1.165, 1.54) is 12.1 Å². The highest BCUT2D eigenvalue weighted by atomic mass is 19.1. The number of aryl methyl sites for hydroxylation is 1. The van der Waals surface area contributed by atoms with Crippen LogP contribution < -0.4 is 10.1 Å². The number of carbonyl (C=O) groups excluding carboxylic acids is 1. The number of hydrogen-bond acceptors (Lipinski definition) is 3. The average Bonchev–Trinajstić information content (AvgIpc) is 3.13. The minimum absolute atomic E-state index is 0.00351. The summed E-state index contributed by atoms with van der Waals surface area (Å²) in [5.41, 5.74) is 2.71. The van der Waals surface area contributed by atoms with Gasteiger partial charge in [-0.05, 0) is 60.0 Å². The molecule has 1 heterocycles. The molecular weight excluding hydrogens is 388 g/mol. The largest absolute Gasteiger partial charge is 0.489 e. The SMILES string of the molecule is CCc1cccc(C(=O)Nc2n[nH]c3ccc(OCc4cc(F)cc(F)c4)cc23)c1. The molecule has 1 amide bonds. The van der Waals surface area contributed by atoms with Gasteiger partial charge in [-0.1, -0.05) is 19.1 Å². The number of aromatic nitrogens is 2. The van der Waals surface area contributed by atoms with Crippen LogP contribution in [0.2, 0.25) is 0 Å². The van der Waals surface area contributed by atoms with E-state index in [-0.39, 0.29) is 12.5 Å². The van der Waals surface area contributed by atoms with Crippen LogP contribution in [0, 0.1) is 11.6 Å². The van der Waals surface area contributed by atoms with Crippen LogP contribution >= 0.6 is 0 Å². The molecule has 0 aliphatic carbocycles. The average molecular weight is 407 g/mol. The summed E-state index contributed by atoms with van der Waals surface area (Å²) in [5.74, 6) is -0.719. The Bertz CT molecular complexity index is 1200. The molecule has 0 saturated heterocycles. The quantitative estimate of drug-likeness (QED) is 0.460. The predicted octanol–water partition coefficient (Wildman–Crippen LogP) is 5.23. The number of amides is 1. The first kappa shape index (κ1) is 19.6. The van der Waals surface area contributed by atoms with Crippen molar-refractivity contribution in [2.24, 2.45) is 0 Å². The zero-order valence-electron chi connectivity index (χ0n) is 16.2. The van der Waals surface area contributed by atoms with Gasteiger partial charge in [0.05, 0.1) is 5.52 Å². The number of anilines is 1. The fourth-order valence-corrected chi connectivity index (χ4v) is 3.15. The zero-order chi connectivity index (χ0) is 21.1. The third-order valence-electron chi connectivity index (χ3n) is 4.69. The standard InChI is InChI=1S/C23H19F2N3O2/c1-2-14-4-3-5-16(8-14)23(29)26-22-20-12-19(6-7-21(20)27-28-22)30-13-15-9-17(24)11-18(25)10-15/h3-12H,2,13H2,1H3,(H2,26,27,28,29). The number of rotatable bonds is 6. The first-order valence-electron chi connectivity index (χ1n) is 9.48. The first-order valence-corrected chi connectivity index (χ1v) is 9.48. The zero-order valence-corrected chi connectivity index (χ0v) is 16.2. The summed E-state index contributed by atoms with van der Waals surface area (Å²) in [6, 6.07) is 15.8. The van der Waals surface area contributed by atoms with Crippen molar-refractivity contribution in [3.05, 3.63) is 89.0 Å². The number of nitrogens with one attached hydrogen (secondary N) is 2. The van der Waals surface area contributed by atoms with Crippen molar-refractivity contribution in [1.29, 1.82) is 0 Å². The third-order valence-corrected chi connectivity index (χ3v) is 4.69. The van der Waals surface area contributed by atoms with E-state index in [4.69, 9.17) is 4.74 Å². The van der Waals surface area contributed by atoms with Crippen molar-refractivity contribution in [2.75, 3.05) is 5.32 Å². The number of benzene rings is 3. The number of halogens is 2. The Kier molecular flexibility index (Phi) is 5.43. The van der Waals surface area contributed by atoms with Crippen molar-refractivity contribution < 1.29 is 18.3 Å². The maximum Gasteiger partial charge on any atom is 0.256 e. The Balaban J connectivity index is 1.53. The van der Waals surface area contributed by atoms with Gasteiger partial charge in [0.2, 0.25) is 0 Å². The van der Waals surface area contributed by atoms with Crippen LogP contribution in [0.5, 0.6) is 5.75 Å². The molecule has 0 saturated carbocycles. The van der Waals surface area contributed by atoms with Crippen LogP contribution in [0.4, 0.5) is 14.6 Å². The van der Waals surface area contributed by atoms with Gasteiger partial charge in [0.1, 0.15) is 24.0 Å². The van der Waals surface area contributed by atoms with Crippen LogP contribution in [0.1, 0.15) is 28.4 Å². The second-order valence-electron chi connectivity index (χ2n) is 6.85. The Labute approximate surface area is 171 Å². The fourth-order valence-electron chi connectivity index (χ4n) is 3.15. The van der Waals surface area contributed by atoms with E-state index >= 15 is 0 Å². The number of ether oxygens (including phenoxy) is 1. The third kappa shape index (κ3) is 4.30. The Hall–Kier alpha value is -3.74. The molecule has 30 heavy (non-hydrogen) atoms. The lowest BCUT2D eigenvalue weighted by molar-refractivity contribution is 0.102. The fraction of sp³-hybridized carbons (Fsp3) is 0.130. The van der Waals surface area contributed by atoms with Crippen molar-refractivity contribution in [2.45, 2.75) is 20.0 Å². The van der Waals surface area contributed by atoms with Gasteiger partial charge in [-0.2, -0.15) is 5.10 Å². The van der Waals surface area contributed by atoms with Crippen molar-refractivity contribution in [1.82, 2.24) is 10.2 Å². The smallest absolute Gasteiger partial charge is 0.256 e. The summed E-state index contributed by atoms with van der Waals surface area (Å²) >= 11 is 0. The van der Waals surface area contributed by atoms with Gasteiger partial charge in [0, 0.05) is 17.0 Å². The van der Waals surface area contributed by atoms with E-state index < -0.39 is 11.6 Å².